The molecule has 0 bridgehead atoms. The number of furan rings is 1. The maximum atomic E-state index is 12.7. The maximum absolute atomic E-state index is 12.7. The van der Waals surface area contributed by atoms with E-state index in [0.717, 1.165) is 22.6 Å². The number of rotatable bonds is 5. The third kappa shape index (κ3) is 3.37. The smallest absolute Gasteiger partial charge is 0.255 e. The fraction of sp³-hybridized carbons (Fsp3) is 0.0952. The van der Waals surface area contributed by atoms with Crippen LogP contribution in [0.1, 0.15) is 21.6 Å². The highest BCUT2D eigenvalue weighted by Gasteiger charge is 2.16. The Hall–Kier alpha value is -3.67. The Labute approximate surface area is 156 Å². The summed E-state index contributed by atoms with van der Waals surface area (Å²) in [7, 11) is 0. The lowest BCUT2D eigenvalue weighted by Gasteiger charge is -2.09. The van der Waals surface area contributed by atoms with E-state index in [2.05, 4.69) is 15.4 Å². The number of hydrogen-bond donors (Lipinski definition) is 1. The van der Waals surface area contributed by atoms with Crippen molar-refractivity contribution in [1.82, 2.24) is 20.1 Å². The fourth-order valence-electron chi connectivity index (χ4n) is 2.95. The number of carbonyl (C=O) groups is 1. The van der Waals surface area contributed by atoms with Gasteiger partial charge in [-0.2, -0.15) is 5.10 Å². The molecule has 27 heavy (non-hydrogen) atoms. The van der Waals surface area contributed by atoms with Gasteiger partial charge in [0.15, 0.2) is 5.76 Å². The SMILES string of the molecule is Cc1c(C(=O)NCc2cccnc2-c2ccco2)cnn1-c1ccccc1. The lowest BCUT2D eigenvalue weighted by Crippen LogP contribution is -2.23. The Kier molecular flexibility index (Phi) is 4.53. The van der Waals surface area contributed by atoms with Crippen molar-refractivity contribution in [2.45, 2.75) is 13.5 Å². The van der Waals surface area contributed by atoms with Crippen molar-refractivity contribution >= 4 is 5.91 Å². The monoisotopic (exact) mass is 358 g/mol. The maximum Gasteiger partial charge on any atom is 0.255 e. The first-order valence-corrected chi connectivity index (χ1v) is 8.60. The predicted molar refractivity (Wildman–Crippen MR) is 101 cm³/mol. The number of pyridine rings is 1. The molecular weight excluding hydrogens is 340 g/mol. The molecule has 6 heteroatoms. The Morgan fingerprint density at radius 3 is 2.74 bits per heavy atom. The average molecular weight is 358 g/mol. The van der Waals surface area contributed by atoms with E-state index in [1.807, 2.05) is 61.5 Å². The topological polar surface area (TPSA) is 73.0 Å². The molecule has 1 amide bonds. The number of benzene rings is 1. The molecule has 0 atom stereocenters. The van der Waals surface area contributed by atoms with Crippen LogP contribution in [-0.2, 0) is 6.54 Å². The minimum atomic E-state index is -0.177. The van der Waals surface area contributed by atoms with E-state index in [1.54, 1.807) is 23.3 Å². The predicted octanol–water partition coefficient (Wildman–Crippen LogP) is 3.77. The third-order valence-electron chi connectivity index (χ3n) is 4.34. The van der Waals surface area contributed by atoms with Gasteiger partial charge >= 0.3 is 0 Å². The number of nitrogens with zero attached hydrogens (tertiary/aromatic N) is 3. The number of amides is 1. The van der Waals surface area contributed by atoms with Crippen molar-refractivity contribution in [3.63, 3.8) is 0 Å². The summed E-state index contributed by atoms with van der Waals surface area (Å²) in [6, 6.07) is 17.2. The van der Waals surface area contributed by atoms with Gasteiger partial charge in [0.05, 0.1) is 29.4 Å². The van der Waals surface area contributed by atoms with Crippen molar-refractivity contribution in [2.75, 3.05) is 0 Å². The molecule has 0 spiro atoms. The molecule has 0 aliphatic heterocycles. The molecule has 0 unspecified atom stereocenters. The first-order chi connectivity index (χ1) is 13.2. The number of hydrogen-bond acceptors (Lipinski definition) is 4. The number of nitrogens with one attached hydrogen (secondary N) is 1. The Bertz CT molecular complexity index is 1050. The van der Waals surface area contributed by atoms with E-state index in [-0.39, 0.29) is 5.91 Å². The zero-order valence-electron chi connectivity index (χ0n) is 14.8. The zero-order valence-corrected chi connectivity index (χ0v) is 14.8. The molecule has 3 aromatic heterocycles. The van der Waals surface area contributed by atoms with E-state index in [1.165, 1.54) is 0 Å². The fourth-order valence-corrected chi connectivity index (χ4v) is 2.95. The molecule has 4 aromatic rings. The molecule has 0 aliphatic carbocycles. The van der Waals surface area contributed by atoms with Gasteiger partial charge in [0, 0.05) is 18.3 Å². The van der Waals surface area contributed by atoms with Crippen LogP contribution in [0.25, 0.3) is 17.1 Å². The van der Waals surface area contributed by atoms with Crippen LogP contribution in [0.2, 0.25) is 0 Å². The van der Waals surface area contributed by atoms with Gasteiger partial charge in [-0.3, -0.25) is 9.78 Å². The second-order valence-electron chi connectivity index (χ2n) is 6.06. The standard InChI is InChI=1S/C21H18N4O2/c1-15-18(14-24-25(15)17-8-3-2-4-9-17)21(26)23-13-16-7-5-11-22-20(16)19-10-6-12-27-19/h2-12,14H,13H2,1H3,(H,23,26). The van der Waals surface area contributed by atoms with E-state index in [9.17, 15) is 4.79 Å². The van der Waals surface area contributed by atoms with E-state index in [0.29, 0.717) is 17.9 Å². The highest BCUT2D eigenvalue weighted by atomic mass is 16.3. The number of carbonyl (C=O) groups excluding carboxylic acids is 1. The van der Waals surface area contributed by atoms with E-state index < -0.39 is 0 Å². The first-order valence-electron chi connectivity index (χ1n) is 8.60. The van der Waals surface area contributed by atoms with E-state index >= 15 is 0 Å². The van der Waals surface area contributed by atoms with Gasteiger partial charge in [0.2, 0.25) is 0 Å². The highest BCUT2D eigenvalue weighted by molar-refractivity contribution is 5.95. The normalized spacial score (nSPS) is 10.7. The Morgan fingerprint density at radius 1 is 1.11 bits per heavy atom. The van der Waals surface area contributed by atoms with Crippen LogP contribution in [0.4, 0.5) is 0 Å². The van der Waals surface area contributed by atoms with Gasteiger partial charge in [-0.05, 0) is 37.3 Å². The summed E-state index contributed by atoms with van der Waals surface area (Å²) in [6.45, 7) is 2.23. The largest absolute Gasteiger partial charge is 0.463 e. The number of para-hydroxylation sites is 1. The molecule has 3 heterocycles. The van der Waals surface area contributed by atoms with Crippen molar-refractivity contribution in [2.24, 2.45) is 0 Å². The van der Waals surface area contributed by atoms with Crippen LogP contribution >= 0.6 is 0 Å². The average Bonchev–Trinajstić information content (AvgIpc) is 3.37. The van der Waals surface area contributed by atoms with E-state index in [4.69, 9.17) is 4.42 Å². The van der Waals surface area contributed by atoms with Crippen LogP contribution in [0.5, 0.6) is 0 Å². The summed E-state index contributed by atoms with van der Waals surface area (Å²) < 4.78 is 7.19. The molecule has 0 fully saturated rings. The van der Waals surface area contributed by atoms with Crippen LogP contribution in [0, 0.1) is 6.92 Å². The summed E-state index contributed by atoms with van der Waals surface area (Å²) in [6.07, 6.45) is 4.90. The lowest BCUT2D eigenvalue weighted by molar-refractivity contribution is 0.0950. The Balaban J connectivity index is 1.53. The van der Waals surface area contributed by atoms with Crippen molar-refractivity contribution < 1.29 is 9.21 Å². The summed E-state index contributed by atoms with van der Waals surface area (Å²) >= 11 is 0. The summed E-state index contributed by atoms with van der Waals surface area (Å²) in [5.41, 5.74) is 3.85. The molecule has 0 saturated carbocycles. The summed E-state index contributed by atoms with van der Waals surface area (Å²) in [5.74, 6) is 0.497. The summed E-state index contributed by atoms with van der Waals surface area (Å²) in [5, 5.41) is 7.30. The van der Waals surface area contributed by atoms with Crippen LogP contribution in [0.15, 0.2) is 77.7 Å². The van der Waals surface area contributed by atoms with Gasteiger partial charge in [0.25, 0.3) is 5.91 Å². The summed E-state index contributed by atoms with van der Waals surface area (Å²) in [4.78, 5) is 17.0. The second-order valence-corrected chi connectivity index (χ2v) is 6.06. The second kappa shape index (κ2) is 7.29. The van der Waals surface area contributed by atoms with Crippen LogP contribution in [-0.4, -0.2) is 20.7 Å². The lowest BCUT2D eigenvalue weighted by atomic mass is 10.1. The van der Waals surface area contributed by atoms with Gasteiger partial charge in [-0.15, -0.1) is 0 Å². The van der Waals surface area contributed by atoms with Gasteiger partial charge in [-0.1, -0.05) is 24.3 Å². The first kappa shape index (κ1) is 16.8. The molecule has 1 aromatic carbocycles. The van der Waals surface area contributed by atoms with Crippen LogP contribution in [0.3, 0.4) is 0 Å². The number of aromatic nitrogens is 3. The molecule has 0 aliphatic rings. The van der Waals surface area contributed by atoms with Crippen molar-refractivity contribution in [3.05, 3.63) is 90.1 Å². The van der Waals surface area contributed by atoms with Crippen molar-refractivity contribution in [3.8, 4) is 17.1 Å². The zero-order chi connectivity index (χ0) is 18.6. The van der Waals surface area contributed by atoms with Crippen molar-refractivity contribution in [1.29, 1.82) is 0 Å². The molecule has 6 nitrogen and oxygen atoms in total. The molecule has 4 rings (SSSR count). The molecular formula is C21H18N4O2. The van der Waals surface area contributed by atoms with Gasteiger partial charge in [0.1, 0.15) is 5.69 Å². The molecule has 0 saturated heterocycles. The molecule has 134 valence electrons. The quantitative estimate of drug-likeness (QED) is 0.589. The molecule has 1 N–H and O–H groups in total. The van der Waals surface area contributed by atoms with Gasteiger partial charge < -0.3 is 9.73 Å². The molecule has 0 radical (unpaired) electrons. The van der Waals surface area contributed by atoms with Gasteiger partial charge in [-0.25, -0.2) is 4.68 Å². The minimum absolute atomic E-state index is 0.177. The third-order valence-corrected chi connectivity index (χ3v) is 4.34. The Morgan fingerprint density at radius 2 is 1.96 bits per heavy atom. The highest BCUT2D eigenvalue weighted by Crippen LogP contribution is 2.21. The van der Waals surface area contributed by atoms with Crippen LogP contribution < -0.4 is 5.32 Å². The minimum Gasteiger partial charge on any atom is -0.463 e.